The van der Waals surface area contributed by atoms with Gasteiger partial charge in [-0.25, -0.2) is 4.39 Å². The molecule has 0 radical (unpaired) electrons. The Labute approximate surface area is 96.0 Å². The second kappa shape index (κ2) is 7.17. The van der Waals surface area contributed by atoms with Gasteiger partial charge in [0.15, 0.2) is 0 Å². The van der Waals surface area contributed by atoms with Gasteiger partial charge >= 0.3 is 0 Å². The Morgan fingerprint density at radius 2 is 2.25 bits per heavy atom. The van der Waals surface area contributed by atoms with Crippen molar-refractivity contribution in [1.82, 2.24) is 10.3 Å². The lowest BCUT2D eigenvalue weighted by molar-refractivity contribution is 0.272. The molecule has 1 aromatic rings. The first kappa shape index (κ1) is 12.9. The molecule has 1 rings (SSSR count). The molecule has 0 spiro atoms. The summed E-state index contributed by atoms with van der Waals surface area (Å²) in [4.78, 5) is 4.22. The van der Waals surface area contributed by atoms with Crippen molar-refractivity contribution < 1.29 is 9.13 Å². The number of ether oxygens (including phenoxy) is 1. The lowest BCUT2D eigenvalue weighted by atomic mass is 10.2. The number of rotatable bonds is 7. The summed E-state index contributed by atoms with van der Waals surface area (Å²) in [5.41, 5.74) is 0.966. The van der Waals surface area contributed by atoms with Gasteiger partial charge in [-0.2, -0.15) is 0 Å². The predicted octanol–water partition coefficient (Wildman–Crippen LogP) is 2.18. The van der Waals surface area contributed by atoms with Gasteiger partial charge in [0.25, 0.3) is 0 Å². The van der Waals surface area contributed by atoms with Crippen molar-refractivity contribution in [3.63, 3.8) is 0 Å². The van der Waals surface area contributed by atoms with Crippen molar-refractivity contribution in [2.75, 3.05) is 19.8 Å². The number of pyridine rings is 1. The van der Waals surface area contributed by atoms with E-state index in [1.165, 1.54) is 0 Å². The van der Waals surface area contributed by atoms with E-state index in [0.29, 0.717) is 11.7 Å². The van der Waals surface area contributed by atoms with Crippen LogP contribution in [0.15, 0.2) is 18.3 Å². The minimum absolute atomic E-state index is 0.0899. The Balaban J connectivity index is 2.33. The van der Waals surface area contributed by atoms with Crippen molar-refractivity contribution in [2.24, 2.45) is 5.92 Å². The molecule has 3 nitrogen and oxygen atoms in total. The number of nitrogens with zero attached hydrogens (tertiary/aromatic N) is 1. The minimum Gasteiger partial charge on any atom is -0.489 e. The molecular formula is C12H19FN2O. The summed E-state index contributed by atoms with van der Waals surface area (Å²) in [6.45, 7) is 5.66. The first-order valence-electron chi connectivity index (χ1n) is 5.56. The predicted molar refractivity (Wildman–Crippen MR) is 62.3 cm³/mol. The van der Waals surface area contributed by atoms with Crippen molar-refractivity contribution in [1.29, 1.82) is 0 Å². The van der Waals surface area contributed by atoms with Crippen LogP contribution in [0.3, 0.4) is 0 Å². The van der Waals surface area contributed by atoms with Gasteiger partial charge in [0.2, 0.25) is 0 Å². The van der Waals surface area contributed by atoms with Crippen LogP contribution in [0.4, 0.5) is 4.39 Å². The largest absolute Gasteiger partial charge is 0.489 e. The van der Waals surface area contributed by atoms with E-state index in [2.05, 4.69) is 24.1 Å². The quantitative estimate of drug-likeness (QED) is 0.773. The Morgan fingerprint density at radius 1 is 1.44 bits per heavy atom. The molecule has 1 aromatic heterocycles. The maximum absolute atomic E-state index is 11.8. The van der Waals surface area contributed by atoms with Crippen LogP contribution in [0.25, 0.3) is 0 Å². The monoisotopic (exact) mass is 226 g/mol. The Morgan fingerprint density at radius 3 is 2.81 bits per heavy atom. The molecule has 0 aromatic carbocycles. The fraction of sp³-hybridized carbons (Fsp3) is 0.583. The van der Waals surface area contributed by atoms with Crippen molar-refractivity contribution >= 4 is 0 Å². The van der Waals surface area contributed by atoms with Crippen LogP contribution < -0.4 is 10.1 Å². The van der Waals surface area contributed by atoms with Crippen molar-refractivity contribution in [2.45, 2.75) is 20.4 Å². The van der Waals surface area contributed by atoms with Crippen LogP contribution in [0.1, 0.15) is 19.5 Å². The SMILES string of the molecule is CC(C)CNCc1ccc(OCCF)cn1. The zero-order valence-electron chi connectivity index (χ0n) is 9.87. The molecule has 4 heteroatoms. The van der Waals surface area contributed by atoms with Crippen LogP contribution in [0.5, 0.6) is 5.75 Å². The molecule has 16 heavy (non-hydrogen) atoms. The fourth-order valence-electron chi connectivity index (χ4n) is 1.25. The van der Waals surface area contributed by atoms with Gasteiger partial charge in [0.1, 0.15) is 19.0 Å². The molecule has 0 aliphatic carbocycles. The molecular weight excluding hydrogens is 207 g/mol. The molecule has 0 atom stereocenters. The maximum atomic E-state index is 11.8. The molecule has 0 amide bonds. The van der Waals surface area contributed by atoms with Gasteiger partial charge in [-0.1, -0.05) is 13.8 Å². The summed E-state index contributed by atoms with van der Waals surface area (Å²) in [6, 6.07) is 3.70. The van der Waals surface area contributed by atoms with E-state index in [1.807, 2.05) is 12.1 Å². The first-order chi connectivity index (χ1) is 7.72. The number of alkyl halides is 1. The molecule has 90 valence electrons. The summed E-state index contributed by atoms with van der Waals surface area (Å²) < 4.78 is 16.9. The van der Waals surface area contributed by atoms with E-state index >= 15 is 0 Å². The van der Waals surface area contributed by atoms with Crippen LogP contribution in [-0.2, 0) is 6.54 Å². The van der Waals surface area contributed by atoms with Crippen molar-refractivity contribution in [3.05, 3.63) is 24.0 Å². The zero-order chi connectivity index (χ0) is 11.8. The topological polar surface area (TPSA) is 34.1 Å². The third kappa shape index (κ3) is 5.07. The maximum Gasteiger partial charge on any atom is 0.137 e. The van der Waals surface area contributed by atoms with Crippen LogP contribution in [0.2, 0.25) is 0 Å². The third-order valence-corrected chi connectivity index (χ3v) is 2.00. The highest BCUT2D eigenvalue weighted by Crippen LogP contribution is 2.08. The Bertz CT molecular complexity index is 288. The summed E-state index contributed by atoms with van der Waals surface area (Å²) in [5.74, 6) is 1.25. The molecule has 1 heterocycles. The zero-order valence-corrected chi connectivity index (χ0v) is 9.87. The van der Waals surface area contributed by atoms with Gasteiger partial charge in [-0.3, -0.25) is 4.98 Å². The molecule has 0 aliphatic rings. The Kier molecular flexibility index (Phi) is 5.78. The van der Waals surface area contributed by atoms with Crippen LogP contribution in [-0.4, -0.2) is 24.8 Å². The molecule has 0 unspecified atom stereocenters. The van der Waals surface area contributed by atoms with Gasteiger partial charge in [-0.05, 0) is 24.6 Å². The number of hydrogen-bond acceptors (Lipinski definition) is 3. The molecule has 0 saturated carbocycles. The first-order valence-corrected chi connectivity index (χ1v) is 5.56. The van der Waals surface area contributed by atoms with Crippen LogP contribution >= 0.6 is 0 Å². The second-order valence-electron chi connectivity index (χ2n) is 4.05. The second-order valence-corrected chi connectivity index (χ2v) is 4.05. The van der Waals surface area contributed by atoms with E-state index in [-0.39, 0.29) is 6.61 Å². The van der Waals surface area contributed by atoms with Crippen molar-refractivity contribution in [3.8, 4) is 5.75 Å². The highest BCUT2D eigenvalue weighted by Gasteiger charge is 1.98. The lowest BCUT2D eigenvalue weighted by Crippen LogP contribution is -2.19. The highest BCUT2D eigenvalue weighted by molar-refractivity contribution is 5.19. The third-order valence-electron chi connectivity index (χ3n) is 2.00. The van der Waals surface area contributed by atoms with Gasteiger partial charge in [0, 0.05) is 6.54 Å². The molecule has 0 saturated heterocycles. The minimum atomic E-state index is -0.475. The summed E-state index contributed by atoms with van der Waals surface area (Å²) in [7, 11) is 0. The lowest BCUT2D eigenvalue weighted by Gasteiger charge is -2.07. The number of hydrogen-bond donors (Lipinski definition) is 1. The highest BCUT2D eigenvalue weighted by atomic mass is 19.1. The molecule has 0 fully saturated rings. The molecule has 1 N–H and O–H groups in total. The summed E-state index contributed by atoms with van der Waals surface area (Å²) in [5, 5.41) is 3.30. The Hall–Kier alpha value is -1.16. The smallest absolute Gasteiger partial charge is 0.137 e. The van der Waals surface area contributed by atoms with Gasteiger partial charge in [-0.15, -0.1) is 0 Å². The van der Waals surface area contributed by atoms with E-state index in [4.69, 9.17) is 4.74 Å². The standard InChI is InChI=1S/C12H19FN2O/c1-10(2)7-14-8-11-3-4-12(9-15-11)16-6-5-13/h3-4,9-10,14H,5-8H2,1-2H3. The average molecular weight is 226 g/mol. The fourth-order valence-corrected chi connectivity index (χ4v) is 1.25. The van der Waals surface area contributed by atoms with Gasteiger partial charge < -0.3 is 10.1 Å². The molecule has 0 aliphatic heterocycles. The molecule has 0 bridgehead atoms. The number of nitrogens with one attached hydrogen (secondary N) is 1. The van der Waals surface area contributed by atoms with E-state index in [0.717, 1.165) is 18.8 Å². The van der Waals surface area contributed by atoms with Gasteiger partial charge in [0.05, 0.1) is 11.9 Å². The number of halogens is 1. The summed E-state index contributed by atoms with van der Waals surface area (Å²) in [6.07, 6.45) is 1.63. The normalized spacial score (nSPS) is 10.8. The van der Waals surface area contributed by atoms with E-state index in [9.17, 15) is 4.39 Å². The number of aromatic nitrogens is 1. The van der Waals surface area contributed by atoms with Crippen LogP contribution in [0, 0.1) is 5.92 Å². The average Bonchev–Trinajstić information content (AvgIpc) is 2.27. The summed E-state index contributed by atoms with van der Waals surface area (Å²) >= 11 is 0. The van der Waals surface area contributed by atoms with E-state index < -0.39 is 6.67 Å². The van der Waals surface area contributed by atoms with E-state index in [1.54, 1.807) is 6.20 Å².